The number of aryl methyl sites for hydroxylation is 1. The Balaban J connectivity index is 2.75. The molecule has 0 radical (unpaired) electrons. The summed E-state index contributed by atoms with van der Waals surface area (Å²) in [5, 5.41) is 3.31. The molecular formula is C18H29F2N. The summed E-state index contributed by atoms with van der Waals surface area (Å²) in [6.45, 7) is 6.72. The average molecular weight is 297 g/mol. The van der Waals surface area contributed by atoms with E-state index in [1.54, 1.807) is 6.92 Å². The zero-order valence-electron chi connectivity index (χ0n) is 13.6. The molecule has 21 heavy (non-hydrogen) atoms. The first-order valence-electron chi connectivity index (χ1n) is 8.29. The van der Waals surface area contributed by atoms with Crippen LogP contribution in [-0.2, 0) is 0 Å². The second-order valence-corrected chi connectivity index (χ2v) is 5.80. The lowest BCUT2D eigenvalue weighted by atomic mass is 9.97. The van der Waals surface area contributed by atoms with Crippen LogP contribution in [0.2, 0.25) is 0 Å². The van der Waals surface area contributed by atoms with Gasteiger partial charge in [0.2, 0.25) is 0 Å². The second-order valence-electron chi connectivity index (χ2n) is 5.80. The van der Waals surface area contributed by atoms with Crippen LogP contribution in [0.25, 0.3) is 0 Å². The highest BCUT2D eigenvalue weighted by Gasteiger charge is 2.20. The van der Waals surface area contributed by atoms with Gasteiger partial charge in [-0.2, -0.15) is 0 Å². The lowest BCUT2D eigenvalue weighted by Gasteiger charge is -2.21. The summed E-state index contributed by atoms with van der Waals surface area (Å²) in [6.07, 6.45) is 7.54. The molecule has 1 nitrogen and oxygen atoms in total. The van der Waals surface area contributed by atoms with Gasteiger partial charge in [-0.25, -0.2) is 8.78 Å². The normalized spacial score (nSPS) is 12.6. The predicted octanol–water partition coefficient (Wildman–Crippen LogP) is 5.67. The van der Waals surface area contributed by atoms with Crippen molar-refractivity contribution < 1.29 is 8.78 Å². The quantitative estimate of drug-likeness (QED) is 0.548. The van der Waals surface area contributed by atoms with Crippen LogP contribution in [0.1, 0.15) is 76.0 Å². The first kappa shape index (κ1) is 18.1. The molecule has 1 N–H and O–H groups in total. The number of nitrogens with one attached hydrogen (secondary N) is 1. The maximum absolute atomic E-state index is 14.3. The summed E-state index contributed by atoms with van der Waals surface area (Å²) in [5.74, 6) is -0.822. The van der Waals surface area contributed by atoms with Gasteiger partial charge in [0.25, 0.3) is 0 Å². The molecule has 0 heterocycles. The third-order valence-electron chi connectivity index (χ3n) is 3.91. The van der Waals surface area contributed by atoms with E-state index in [1.807, 2.05) is 0 Å². The van der Waals surface area contributed by atoms with Crippen LogP contribution >= 0.6 is 0 Å². The summed E-state index contributed by atoms with van der Waals surface area (Å²) < 4.78 is 28.3. The van der Waals surface area contributed by atoms with Crippen molar-refractivity contribution in [3.8, 4) is 0 Å². The molecule has 0 fully saturated rings. The van der Waals surface area contributed by atoms with Crippen molar-refractivity contribution in [2.45, 2.75) is 71.8 Å². The predicted molar refractivity (Wildman–Crippen MR) is 85.5 cm³/mol. The van der Waals surface area contributed by atoms with E-state index in [-0.39, 0.29) is 11.6 Å². The summed E-state index contributed by atoms with van der Waals surface area (Å²) >= 11 is 0. The second kappa shape index (κ2) is 9.88. The first-order valence-corrected chi connectivity index (χ1v) is 8.29. The van der Waals surface area contributed by atoms with E-state index >= 15 is 0 Å². The Labute approximate surface area is 128 Å². The zero-order chi connectivity index (χ0) is 15.7. The Bertz CT molecular complexity index is 418. The number of benzene rings is 1. The van der Waals surface area contributed by atoms with Crippen molar-refractivity contribution in [1.82, 2.24) is 5.32 Å². The Hall–Kier alpha value is -0.960. The van der Waals surface area contributed by atoms with E-state index in [0.717, 1.165) is 32.2 Å². The molecule has 1 atom stereocenters. The molecular weight excluding hydrogens is 268 g/mol. The average Bonchev–Trinajstić information content (AvgIpc) is 2.48. The maximum atomic E-state index is 14.3. The van der Waals surface area contributed by atoms with Crippen molar-refractivity contribution >= 4 is 0 Å². The minimum absolute atomic E-state index is 0.216. The Kier molecular flexibility index (Phi) is 8.51. The summed E-state index contributed by atoms with van der Waals surface area (Å²) in [5.41, 5.74) is 0.736. The van der Waals surface area contributed by atoms with E-state index in [9.17, 15) is 8.78 Å². The maximum Gasteiger partial charge on any atom is 0.133 e. The van der Waals surface area contributed by atoms with Gasteiger partial charge >= 0.3 is 0 Å². The van der Waals surface area contributed by atoms with Crippen molar-refractivity contribution in [3.05, 3.63) is 34.9 Å². The van der Waals surface area contributed by atoms with Gasteiger partial charge in [0.1, 0.15) is 11.6 Å². The molecule has 0 spiro atoms. The van der Waals surface area contributed by atoms with Gasteiger partial charge in [-0.1, -0.05) is 52.0 Å². The fourth-order valence-corrected chi connectivity index (χ4v) is 2.62. The highest BCUT2D eigenvalue weighted by Crippen LogP contribution is 2.27. The summed E-state index contributed by atoms with van der Waals surface area (Å²) in [7, 11) is 0. The fraction of sp³-hybridized carbons (Fsp3) is 0.667. The molecule has 0 aliphatic heterocycles. The summed E-state index contributed by atoms with van der Waals surface area (Å²) in [6, 6.07) is 2.67. The molecule has 3 heteroatoms. The number of rotatable bonds is 10. The van der Waals surface area contributed by atoms with Crippen molar-refractivity contribution in [1.29, 1.82) is 0 Å². The standard InChI is InChI=1S/C18H29F2N/c1-4-6-7-8-9-10-16(21-13-5-2)17-15(19)12-11-14(3)18(17)20/h11-12,16,21H,4-10,13H2,1-3H3. The smallest absolute Gasteiger partial charge is 0.133 e. The third kappa shape index (κ3) is 5.74. The minimum Gasteiger partial charge on any atom is -0.310 e. The van der Waals surface area contributed by atoms with Crippen LogP contribution in [0.5, 0.6) is 0 Å². The van der Waals surface area contributed by atoms with Crippen LogP contribution in [-0.4, -0.2) is 6.54 Å². The van der Waals surface area contributed by atoms with Crippen molar-refractivity contribution in [2.24, 2.45) is 0 Å². The number of hydrogen-bond acceptors (Lipinski definition) is 1. The molecule has 0 saturated heterocycles. The van der Waals surface area contributed by atoms with E-state index in [2.05, 4.69) is 19.2 Å². The molecule has 0 bridgehead atoms. The molecule has 0 aliphatic rings. The van der Waals surface area contributed by atoms with Crippen LogP contribution in [0.15, 0.2) is 12.1 Å². The van der Waals surface area contributed by atoms with Crippen LogP contribution in [0.3, 0.4) is 0 Å². The fourth-order valence-electron chi connectivity index (χ4n) is 2.62. The van der Waals surface area contributed by atoms with Crippen molar-refractivity contribution in [2.75, 3.05) is 6.54 Å². The Morgan fingerprint density at radius 2 is 1.71 bits per heavy atom. The molecule has 1 aromatic rings. The van der Waals surface area contributed by atoms with Gasteiger partial charge in [0.15, 0.2) is 0 Å². The molecule has 1 unspecified atom stereocenters. The largest absolute Gasteiger partial charge is 0.310 e. The van der Waals surface area contributed by atoms with E-state index in [1.165, 1.54) is 31.4 Å². The van der Waals surface area contributed by atoms with Gasteiger partial charge in [0.05, 0.1) is 0 Å². The zero-order valence-corrected chi connectivity index (χ0v) is 13.6. The first-order chi connectivity index (χ1) is 10.1. The van der Waals surface area contributed by atoms with Gasteiger partial charge in [0, 0.05) is 11.6 Å². The topological polar surface area (TPSA) is 12.0 Å². The highest BCUT2D eigenvalue weighted by atomic mass is 19.1. The third-order valence-corrected chi connectivity index (χ3v) is 3.91. The van der Waals surface area contributed by atoms with Gasteiger partial charge in [-0.3, -0.25) is 0 Å². The molecule has 0 saturated carbocycles. The van der Waals surface area contributed by atoms with Gasteiger partial charge < -0.3 is 5.32 Å². The van der Waals surface area contributed by atoms with E-state index in [0.29, 0.717) is 5.56 Å². The Morgan fingerprint density at radius 1 is 1.00 bits per heavy atom. The molecule has 1 rings (SSSR count). The number of hydrogen-bond donors (Lipinski definition) is 1. The highest BCUT2D eigenvalue weighted by molar-refractivity contribution is 5.29. The molecule has 0 aliphatic carbocycles. The molecule has 0 aromatic heterocycles. The molecule has 120 valence electrons. The Morgan fingerprint density at radius 3 is 2.38 bits per heavy atom. The van der Waals surface area contributed by atoms with Gasteiger partial charge in [-0.05, 0) is 37.9 Å². The van der Waals surface area contributed by atoms with Crippen LogP contribution in [0.4, 0.5) is 8.78 Å². The lowest BCUT2D eigenvalue weighted by molar-refractivity contribution is 0.427. The summed E-state index contributed by atoms with van der Waals surface area (Å²) in [4.78, 5) is 0. The SMILES string of the molecule is CCCCCCCC(NCCC)c1c(F)ccc(C)c1F. The monoisotopic (exact) mass is 297 g/mol. The van der Waals surface area contributed by atoms with Crippen LogP contribution in [0, 0.1) is 18.6 Å². The van der Waals surface area contributed by atoms with Gasteiger partial charge in [-0.15, -0.1) is 0 Å². The molecule has 0 amide bonds. The lowest BCUT2D eigenvalue weighted by Crippen LogP contribution is -2.24. The van der Waals surface area contributed by atoms with E-state index < -0.39 is 11.6 Å². The number of halogens is 2. The van der Waals surface area contributed by atoms with E-state index in [4.69, 9.17) is 0 Å². The minimum atomic E-state index is -0.430. The van der Waals surface area contributed by atoms with Crippen molar-refractivity contribution in [3.63, 3.8) is 0 Å². The molecule has 1 aromatic carbocycles. The van der Waals surface area contributed by atoms with Crippen LogP contribution < -0.4 is 5.32 Å². The number of unbranched alkanes of at least 4 members (excludes halogenated alkanes) is 4.